The van der Waals surface area contributed by atoms with E-state index in [9.17, 15) is 18.4 Å². The minimum atomic E-state index is -4.52. The number of anilines is 1. The lowest BCUT2D eigenvalue weighted by Crippen LogP contribution is -2.44. The summed E-state index contributed by atoms with van der Waals surface area (Å²) < 4.78 is 43.6. The van der Waals surface area contributed by atoms with Crippen molar-refractivity contribution >= 4 is 11.5 Å². The van der Waals surface area contributed by atoms with Gasteiger partial charge in [0.2, 0.25) is 0 Å². The van der Waals surface area contributed by atoms with E-state index in [0.717, 1.165) is 16.8 Å². The quantitative estimate of drug-likeness (QED) is 0.387. The number of benzene rings is 2. The topological polar surface area (TPSA) is 90.3 Å². The molecule has 2 fully saturated rings. The molecule has 3 aromatic rings. The molecule has 0 spiro atoms. The molecule has 5 rings (SSSR count). The van der Waals surface area contributed by atoms with Gasteiger partial charge in [-0.25, -0.2) is 0 Å². The lowest BCUT2D eigenvalue weighted by molar-refractivity contribution is -0.163. The van der Waals surface area contributed by atoms with Crippen LogP contribution in [0.15, 0.2) is 108 Å². The number of pyridine rings is 1. The van der Waals surface area contributed by atoms with Crippen LogP contribution in [-0.4, -0.2) is 30.1 Å². The highest BCUT2D eigenvalue weighted by Gasteiger charge is 2.47. The molecule has 0 radical (unpaired) electrons. The van der Waals surface area contributed by atoms with Crippen molar-refractivity contribution in [1.82, 2.24) is 10.3 Å². The van der Waals surface area contributed by atoms with Crippen molar-refractivity contribution in [2.24, 2.45) is 22.6 Å². The summed E-state index contributed by atoms with van der Waals surface area (Å²) in [5.41, 5.74) is 10.1. The van der Waals surface area contributed by atoms with Crippen LogP contribution < -0.4 is 16.0 Å². The van der Waals surface area contributed by atoms with Gasteiger partial charge in [-0.3, -0.25) is 9.98 Å². The van der Waals surface area contributed by atoms with E-state index in [1.54, 1.807) is 12.3 Å². The predicted octanol–water partition coefficient (Wildman–Crippen LogP) is 6.26. The number of allylic oxidation sites excluding steroid dienone is 2. The molecule has 3 N–H and O–H groups in total. The fraction of sp³-hybridized carbons (Fsp3) is 0.281. The van der Waals surface area contributed by atoms with Crippen molar-refractivity contribution in [1.29, 1.82) is 5.26 Å². The molecule has 9 heteroatoms. The van der Waals surface area contributed by atoms with Gasteiger partial charge in [-0.15, -0.1) is 0 Å². The molecule has 6 nitrogen and oxygen atoms in total. The zero-order valence-corrected chi connectivity index (χ0v) is 22.5. The summed E-state index contributed by atoms with van der Waals surface area (Å²) in [5, 5.41) is 12.3. The van der Waals surface area contributed by atoms with Gasteiger partial charge in [0, 0.05) is 48.6 Å². The molecule has 0 aliphatic carbocycles. The van der Waals surface area contributed by atoms with E-state index in [1.807, 2.05) is 60.7 Å². The van der Waals surface area contributed by atoms with Gasteiger partial charge in [0.25, 0.3) is 0 Å². The summed E-state index contributed by atoms with van der Waals surface area (Å²) in [6.45, 7) is 5.01. The maximum Gasteiger partial charge on any atom is 0.396 e. The number of piperidine rings is 2. The first-order chi connectivity index (χ1) is 19.7. The Morgan fingerprint density at radius 3 is 2.22 bits per heavy atom. The Morgan fingerprint density at radius 1 is 1.05 bits per heavy atom. The average Bonchev–Trinajstić information content (AvgIpc) is 3.00. The molecule has 41 heavy (non-hydrogen) atoms. The monoisotopic (exact) mass is 556 g/mol. The van der Waals surface area contributed by atoms with Crippen molar-refractivity contribution in [3.8, 4) is 6.07 Å². The van der Waals surface area contributed by atoms with Gasteiger partial charge >= 0.3 is 6.18 Å². The second kappa shape index (κ2) is 11.9. The second-order valence-corrected chi connectivity index (χ2v) is 10.4. The summed E-state index contributed by atoms with van der Waals surface area (Å²) in [6, 6.07) is 22.3. The Labute approximate surface area is 237 Å². The Bertz CT molecular complexity index is 1440. The van der Waals surface area contributed by atoms with Gasteiger partial charge in [-0.2, -0.15) is 18.4 Å². The number of hydrogen-bond donors (Lipinski definition) is 2. The number of nitrogens with two attached hydrogens (primary N) is 1. The minimum absolute atomic E-state index is 0.00774. The molecule has 0 bridgehead atoms. The van der Waals surface area contributed by atoms with Gasteiger partial charge in [0.15, 0.2) is 0 Å². The molecule has 0 amide bonds. The largest absolute Gasteiger partial charge is 0.401 e. The number of rotatable bonds is 5. The highest BCUT2D eigenvalue weighted by Crippen LogP contribution is 2.42. The van der Waals surface area contributed by atoms with Crippen molar-refractivity contribution < 1.29 is 13.2 Å². The highest BCUT2D eigenvalue weighted by molar-refractivity contribution is 6.02. The van der Waals surface area contributed by atoms with E-state index < -0.39 is 18.1 Å². The molecule has 3 heterocycles. The molecule has 1 aromatic heterocycles. The molecule has 1 atom stereocenters. The summed E-state index contributed by atoms with van der Waals surface area (Å²) in [6.07, 6.45) is -0.510. The Balaban J connectivity index is 1.53. The number of amidine groups is 1. The van der Waals surface area contributed by atoms with Crippen LogP contribution in [0.1, 0.15) is 42.0 Å². The molecule has 2 aliphatic heterocycles. The molecule has 2 aromatic carbocycles. The lowest BCUT2D eigenvalue weighted by atomic mass is 9.82. The molecule has 0 saturated carbocycles. The first-order valence-electron chi connectivity index (χ1n) is 13.5. The molecule has 2 aliphatic rings. The fourth-order valence-electron chi connectivity index (χ4n) is 5.59. The maximum absolute atomic E-state index is 14.5. The first kappa shape index (κ1) is 28.0. The Hall–Kier alpha value is -4.58. The van der Waals surface area contributed by atoms with Gasteiger partial charge in [0.05, 0.1) is 23.4 Å². The van der Waals surface area contributed by atoms with Gasteiger partial charge < -0.3 is 16.0 Å². The third kappa shape index (κ3) is 6.27. The molecule has 210 valence electrons. The minimum Gasteiger partial charge on any atom is -0.401 e. The van der Waals surface area contributed by atoms with Crippen LogP contribution in [0.3, 0.4) is 0 Å². The van der Waals surface area contributed by atoms with Gasteiger partial charge in [-0.1, -0.05) is 67.2 Å². The number of nitrogens with one attached hydrogen (secondary N) is 1. The third-order valence-electron chi connectivity index (χ3n) is 7.70. The van der Waals surface area contributed by atoms with E-state index in [-0.39, 0.29) is 35.1 Å². The zero-order chi connectivity index (χ0) is 29.0. The van der Waals surface area contributed by atoms with E-state index in [1.165, 1.54) is 6.20 Å². The van der Waals surface area contributed by atoms with Crippen LogP contribution in [0.4, 0.5) is 18.9 Å². The molecule has 2 saturated heterocycles. The SMILES string of the molecule is C=C1CC(C(F)(F)F)C(=C(N)C2CCN(c3cncc(C#N)c3)CC2)C(=NC(c2ccccc2)c2ccccc2)N1. The van der Waals surface area contributed by atoms with Gasteiger partial charge in [0.1, 0.15) is 17.9 Å². The Kier molecular flexibility index (Phi) is 8.11. The highest BCUT2D eigenvalue weighted by atomic mass is 19.4. The fourth-order valence-corrected chi connectivity index (χ4v) is 5.59. The number of aliphatic imine (C=N–C) groups is 1. The molecule has 1 unspecified atom stereocenters. The Morgan fingerprint density at radius 2 is 1.66 bits per heavy atom. The standard InChI is InChI=1S/C32H31F3N6/c1-21-16-27(32(33,34)35)28(29(37)23-12-14-41(15-13-23)26-17-22(18-36)19-38-20-26)31(39-21)40-30(24-8-4-2-5-9-24)25-10-6-3-7-11-25/h2-11,17,19-20,23,27,30H,1,12-16,37H2,(H,39,40). The maximum atomic E-state index is 14.5. The molecular formula is C32H31F3N6. The normalized spacial score (nSPS) is 20.6. The number of hydrogen-bond acceptors (Lipinski definition) is 5. The lowest BCUT2D eigenvalue weighted by Gasteiger charge is -2.37. The van der Waals surface area contributed by atoms with Crippen LogP contribution in [-0.2, 0) is 0 Å². The zero-order valence-electron chi connectivity index (χ0n) is 22.5. The number of nitrogens with zero attached hydrogens (tertiary/aromatic N) is 4. The van der Waals surface area contributed by atoms with E-state index in [0.29, 0.717) is 31.5 Å². The second-order valence-electron chi connectivity index (χ2n) is 10.4. The van der Waals surface area contributed by atoms with E-state index >= 15 is 0 Å². The van der Waals surface area contributed by atoms with E-state index in [2.05, 4.69) is 27.8 Å². The first-order valence-corrected chi connectivity index (χ1v) is 13.5. The number of nitriles is 1. The number of halogens is 3. The summed E-state index contributed by atoms with van der Waals surface area (Å²) in [4.78, 5) is 11.1. The third-order valence-corrected chi connectivity index (χ3v) is 7.70. The number of alkyl halides is 3. The van der Waals surface area contributed by atoms with Crippen molar-refractivity contribution in [2.45, 2.75) is 31.5 Å². The van der Waals surface area contributed by atoms with Gasteiger partial charge in [-0.05, 0) is 30.0 Å². The summed E-state index contributed by atoms with van der Waals surface area (Å²) in [7, 11) is 0. The van der Waals surface area contributed by atoms with Crippen molar-refractivity contribution in [2.75, 3.05) is 18.0 Å². The number of aromatic nitrogens is 1. The van der Waals surface area contributed by atoms with Crippen LogP contribution in [0.5, 0.6) is 0 Å². The average molecular weight is 557 g/mol. The van der Waals surface area contributed by atoms with Crippen LogP contribution in [0, 0.1) is 23.2 Å². The summed E-state index contributed by atoms with van der Waals surface area (Å²) >= 11 is 0. The van der Waals surface area contributed by atoms with Crippen molar-refractivity contribution in [3.63, 3.8) is 0 Å². The van der Waals surface area contributed by atoms with E-state index in [4.69, 9.17) is 10.7 Å². The predicted molar refractivity (Wildman–Crippen MR) is 154 cm³/mol. The van der Waals surface area contributed by atoms with Crippen LogP contribution in [0.2, 0.25) is 0 Å². The van der Waals surface area contributed by atoms with Crippen LogP contribution >= 0.6 is 0 Å². The smallest absolute Gasteiger partial charge is 0.396 e. The summed E-state index contributed by atoms with van der Waals surface area (Å²) in [5.74, 6) is -1.95. The van der Waals surface area contributed by atoms with Crippen molar-refractivity contribution in [3.05, 3.63) is 119 Å². The van der Waals surface area contributed by atoms with Crippen LogP contribution in [0.25, 0.3) is 0 Å². The molecular weight excluding hydrogens is 525 g/mol.